The van der Waals surface area contributed by atoms with Crippen molar-refractivity contribution in [1.29, 1.82) is 0 Å². The highest BCUT2D eigenvalue weighted by molar-refractivity contribution is 5.85. The predicted octanol–water partition coefficient (Wildman–Crippen LogP) is 4.77. The lowest BCUT2D eigenvalue weighted by atomic mass is 10.1. The van der Waals surface area contributed by atoms with Gasteiger partial charge in [0.1, 0.15) is 5.82 Å². The summed E-state index contributed by atoms with van der Waals surface area (Å²) in [4.78, 5) is 7.90. The van der Waals surface area contributed by atoms with Crippen molar-refractivity contribution in [2.45, 2.75) is 6.92 Å². The molecule has 0 bridgehead atoms. The molecule has 0 aliphatic heterocycles. The molecule has 2 aromatic carbocycles. The van der Waals surface area contributed by atoms with Gasteiger partial charge in [-0.3, -0.25) is 0 Å². The van der Waals surface area contributed by atoms with Gasteiger partial charge in [0.25, 0.3) is 0 Å². The maximum atomic E-state index is 4.68. The number of anilines is 2. The van der Waals surface area contributed by atoms with Crippen molar-refractivity contribution in [1.82, 2.24) is 9.97 Å². The third-order valence-electron chi connectivity index (χ3n) is 3.68. The normalized spacial score (nSPS) is 11.1. The number of aryl methyl sites for hydroxylation is 1. The molecule has 3 nitrogen and oxygen atoms in total. The van der Waals surface area contributed by atoms with Gasteiger partial charge in [0, 0.05) is 22.8 Å². The molecular weight excluding hydrogens is 258 g/mol. The van der Waals surface area contributed by atoms with Crippen molar-refractivity contribution in [3.63, 3.8) is 0 Å². The molecule has 2 aromatic heterocycles. The smallest absolute Gasteiger partial charge is 0.131 e. The van der Waals surface area contributed by atoms with E-state index in [4.69, 9.17) is 0 Å². The summed E-state index contributed by atoms with van der Waals surface area (Å²) in [5, 5.41) is 5.74. The highest BCUT2D eigenvalue weighted by Gasteiger charge is 2.01. The van der Waals surface area contributed by atoms with Gasteiger partial charge >= 0.3 is 0 Å². The highest BCUT2D eigenvalue weighted by atomic mass is 15.0. The largest absolute Gasteiger partial charge is 0.361 e. The number of rotatable bonds is 2. The van der Waals surface area contributed by atoms with Gasteiger partial charge in [0.15, 0.2) is 0 Å². The molecule has 0 saturated heterocycles. The Kier molecular flexibility index (Phi) is 2.64. The van der Waals surface area contributed by atoms with Gasteiger partial charge in [-0.2, -0.15) is 0 Å². The molecule has 0 atom stereocenters. The van der Waals surface area contributed by atoms with Crippen molar-refractivity contribution in [3.05, 3.63) is 66.4 Å². The number of fused-ring (bicyclic) bond motifs is 2. The summed E-state index contributed by atoms with van der Waals surface area (Å²) < 4.78 is 0. The average molecular weight is 273 g/mol. The molecule has 0 radical (unpaired) electrons. The second kappa shape index (κ2) is 4.63. The van der Waals surface area contributed by atoms with Gasteiger partial charge in [-0.25, -0.2) is 4.98 Å². The molecule has 0 amide bonds. The minimum Gasteiger partial charge on any atom is -0.361 e. The van der Waals surface area contributed by atoms with E-state index in [0.717, 1.165) is 27.9 Å². The van der Waals surface area contributed by atoms with Crippen LogP contribution in [0.2, 0.25) is 0 Å². The number of aromatic amines is 1. The van der Waals surface area contributed by atoms with Crippen LogP contribution in [0.5, 0.6) is 0 Å². The van der Waals surface area contributed by atoms with Crippen molar-refractivity contribution >= 4 is 33.3 Å². The Morgan fingerprint density at radius 2 is 1.76 bits per heavy atom. The molecule has 0 fully saturated rings. The molecule has 0 aliphatic carbocycles. The van der Waals surface area contributed by atoms with Crippen LogP contribution in [-0.2, 0) is 0 Å². The van der Waals surface area contributed by atoms with Crippen molar-refractivity contribution < 1.29 is 0 Å². The highest BCUT2D eigenvalue weighted by Crippen LogP contribution is 2.22. The molecule has 2 N–H and O–H groups in total. The van der Waals surface area contributed by atoms with E-state index in [2.05, 4.69) is 70.7 Å². The Balaban J connectivity index is 1.72. The standard InChI is InChI=1S/C18H15N3/c1-12-2-3-13-5-7-18(21-17(13)10-12)20-15-6-4-14-8-9-19-16(14)11-15/h2-11,19H,1H3,(H,20,21). The first-order valence-corrected chi connectivity index (χ1v) is 6.99. The number of nitrogens with zero attached hydrogens (tertiary/aromatic N) is 1. The van der Waals surface area contributed by atoms with E-state index < -0.39 is 0 Å². The molecule has 0 unspecified atom stereocenters. The summed E-state index contributed by atoms with van der Waals surface area (Å²) in [6.07, 6.45) is 1.95. The topological polar surface area (TPSA) is 40.7 Å². The van der Waals surface area contributed by atoms with Crippen LogP contribution < -0.4 is 5.32 Å². The maximum absolute atomic E-state index is 4.68. The summed E-state index contributed by atoms with van der Waals surface area (Å²) in [5.41, 5.74) is 4.39. The van der Waals surface area contributed by atoms with Crippen LogP contribution >= 0.6 is 0 Å². The zero-order chi connectivity index (χ0) is 14.2. The molecule has 4 aromatic rings. The Bertz CT molecular complexity index is 937. The summed E-state index contributed by atoms with van der Waals surface area (Å²) in [5.74, 6) is 0.860. The molecule has 102 valence electrons. The average Bonchev–Trinajstić information content (AvgIpc) is 2.94. The fourth-order valence-corrected chi connectivity index (χ4v) is 2.57. The Labute approximate surface area is 122 Å². The number of nitrogens with one attached hydrogen (secondary N) is 2. The van der Waals surface area contributed by atoms with E-state index >= 15 is 0 Å². The van der Waals surface area contributed by atoms with Gasteiger partial charge in [0.2, 0.25) is 0 Å². The molecule has 3 heteroatoms. The number of pyridine rings is 1. The lowest BCUT2D eigenvalue weighted by Crippen LogP contribution is -1.93. The van der Waals surface area contributed by atoms with Crippen molar-refractivity contribution in [2.75, 3.05) is 5.32 Å². The first-order valence-electron chi connectivity index (χ1n) is 6.99. The zero-order valence-electron chi connectivity index (χ0n) is 11.7. The summed E-state index contributed by atoms with van der Waals surface area (Å²) in [6, 6.07) is 18.7. The van der Waals surface area contributed by atoms with Gasteiger partial charge < -0.3 is 10.3 Å². The second-order valence-corrected chi connectivity index (χ2v) is 5.30. The fraction of sp³-hybridized carbons (Fsp3) is 0.0556. The number of aromatic nitrogens is 2. The van der Waals surface area contributed by atoms with E-state index in [1.54, 1.807) is 0 Å². The quantitative estimate of drug-likeness (QED) is 0.552. The van der Waals surface area contributed by atoms with Crippen LogP contribution in [-0.4, -0.2) is 9.97 Å². The van der Waals surface area contributed by atoms with Gasteiger partial charge in [-0.05, 0) is 54.3 Å². The molecule has 0 spiro atoms. The van der Waals surface area contributed by atoms with E-state index in [9.17, 15) is 0 Å². The van der Waals surface area contributed by atoms with Crippen LogP contribution in [0.4, 0.5) is 11.5 Å². The van der Waals surface area contributed by atoms with Gasteiger partial charge in [-0.1, -0.05) is 18.2 Å². The Morgan fingerprint density at radius 1 is 0.905 bits per heavy atom. The van der Waals surface area contributed by atoms with Crippen molar-refractivity contribution in [2.24, 2.45) is 0 Å². The second-order valence-electron chi connectivity index (χ2n) is 5.30. The van der Waals surface area contributed by atoms with Crippen LogP contribution in [0.25, 0.3) is 21.8 Å². The number of hydrogen-bond acceptors (Lipinski definition) is 2. The predicted molar refractivity (Wildman–Crippen MR) is 88.1 cm³/mol. The fourth-order valence-electron chi connectivity index (χ4n) is 2.57. The third-order valence-corrected chi connectivity index (χ3v) is 3.68. The molecule has 2 heterocycles. The van der Waals surface area contributed by atoms with Gasteiger partial charge in [-0.15, -0.1) is 0 Å². The summed E-state index contributed by atoms with van der Waals surface area (Å²) in [7, 11) is 0. The zero-order valence-corrected chi connectivity index (χ0v) is 11.7. The van der Waals surface area contributed by atoms with E-state index in [0.29, 0.717) is 0 Å². The van der Waals surface area contributed by atoms with E-state index in [-0.39, 0.29) is 0 Å². The van der Waals surface area contributed by atoms with Gasteiger partial charge in [0.05, 0.1) is 5.52 Å². The Morgan fingerprint density at radius 3 is 2.71 bits per heavy atom. The first kappa shape index (κ1) is 12.0. The lowest BCUT2D eigenvalue weighted by molar-refractivity contribution is 1.36. The SMILES string of the molecule is Cc1ccc2ccc(Nc3ccc4cc[nH]c4c3)nc2c1. The first-order chi connectivity index (χ1) is 10.3. The molecule has 0 aliphatic rings. The molecular formula is C18H15N3. The minimum absolute atomic E-state index is 0.860. The monoisotopic (exact) mass is 273 g/mol. The molecule has 21 heavy (non-hydrogen) atoms. The van der Waals surface area contributed by atoms with Crippen LogP contribution in [0.1, 0.15) is 5.56 Å². The minimum atomic E-state index is 0.860. The third kappa shape index (κ3) is 2.23. The number of hydrogen-bond donors (Lipinski definition) is 2. The van der Waals surface area contributed by atoms with Crippen LogP contribution in [0, 0.1) is 6.92 Å². The van der Waals surface area contributed by atoms with Crippen molar-refractivity contribution in [3.8, 4) is 0 Å². The summed E-state index contributed by atoms with van der Waals surface area (Å²) >= 11 is 0. The Hall–Kier alpha value is -2.81. The van der Waals surface area contributed by atoms with E-state index in [1.807, 2.05) is 12.3 Å². The van der Waals surface area contributed by atoms with Crippen LogP contribution in [0.3, 0.4) is 0 Å². The molecule has 0 saturated carbocycles. The summed E-state index contributed by atoms with van der Waals surface area (Å²) in [6.45, 7) is 2.08. The number of benzene rings is 2. The molecule has 4 rings (SSSR count). The lowest BCUT2D eigenvalue weighted by Gasteiger charge is -2.07. The number of H-pyrrole nitrogens is 1. The van der Waals surface area contributed by atoms with Crippen LogP contribution in [0.15, 0.2) is 60.8 Å². The van der Waals surface area contributed by atoms with E-state index in [1.165, 1.54) is 10.9 Å². The maximum Gasteiger partial charge on any atom is 0.131 e.